The number of aromatic nitrogens is 1. The molecule has 0 saturated heterocycles. The molecule has 1 aromatic heterocycles. The Morgan fingerprint density at radius 2 is 2.28 bits per heavy atom. The summed E-state index contributed by atoms with van der Waals surface area (Å²) in [5.74, 6) is 0.942. The van der Waals surface area contributed by atoms with E-state index in [9.17, 15) is 0 Å². The SMILES string of the molecule is CCCN1CCc2[nH]c3ccc(OC)cc3c2C1. The molecule has 0 fully saturated rings. The molecule has 0 spiro atoms. The van der Waals surface area contributed by atoms with Gasteiger partial charge in [0, 0.05) is 36.1 Å². The first-order valence-electron chi connectivity index (χ1n) is 6.71. The van der Waals surface area contributed by atoms with Crippen LogP contribution in [0, 0.1) is 0 Å². The molecule has 2 heterocycles. The minimum absolute atomic E-state index is 0.942. The van der Waals surface area contributed by atoms with Crippen LogP contribution < -0.4 is 4.74 Å². The molecule has 1 N–H and O–H groups in total. The molecule has 1 aromatic carbocycles. The van der Waals surface area contributed by atoms with Gasteiger partial charge in [0.1, 0.15) is 5.75 Å². The third kappa shape index (κ3) is 1.89. The zero-order valence-corrected chi connectivity index (χ0v) is 11.1. The normalized spacial score (nSPS) is 15.9. The van der Waals surface area contributed by atoms with Gasteiger partial charge in [-0.15, -0.1) is 0 Å². The number of hydrogen-bond donors (Lipinski definition) is 1. The number of benzene rings is 1. The van der Waals surface area contributed by atoms with Gasteiger partial charge in [-0.3, -0.25) is 4.90 Å². The molecule has 3 rings (SSSR count). The first-order chi connectivity index (χ1) is 8.81. The lowest BCUT2D eigenvalue weighted by atomic mass is 10.0. The van der Waals surface area contributed by atoms with E-state index in [4.69, 9.17) is 4.74 Å². The molecule has 3 nitrogen and oxygen atoms in total. The number of methoxy groups -OCH3 is 1. The highest BCUT2D eigenvalue weighted by Gasteiger charge is 2.20. The number of nitrogens with zero attached hydrogens (tertiary/aromatic N) is 1. The Morgan fingerprint density at radius 1 is 1.39 bits per heavy atom. The molecular formula is C15H20N2O. The van der Waals surface area contributed by atoms with Crippen molar-refractivity contribution >= 4 is 10.9 Å². The van der Waals surface area contributed by atoms with Crippen LogP contribution in [0.5, 0.6) is 5.75 Å². The number of rotatable bonds is 3. The Balaban J connectivity index is 2.02. The van der Waals surface area contributed by atoms with Crippen molar-refractivity contribution in [3.8, 4) is 5.75 Å². The summed E-state index contributed by atoms with van der Waals surface area (Å²) in [6.45, 7) is 5.67. The quantitative estimate of drug-likeness (QED) is 0.899. The summed E-state index contributed by atoms with van der Waals surface area (Å²) in [6.07, 6.45) is 2.35. The summed E-state index contributed by atoms with van der Waals surface area (Å²) >= 11 is 0. The molecule has 1 aliphatic heterocycles. The van der Waals surface area contributed by atoms with Crippen LogP contribution >= 0.6 is 0 Å². The van der Waals surface area contributed by atoms with Gasteiger partial charge in [0.05, 0.1) is 7.11 Å². The maximum Gasteiger partial charge on any atom is 0.119 e. The lowest BCUT2D eigenvalue weighted by Gasteiger charge is -2.26. The summed E-state index contributed by atoms with van der Waals surface area (Å²) in [5, 5.41) is 1.32. The molecule has 0 amide bonds. The Morgan fingerprint density at radius 3 is 3.06 bits per heavy atom. The van der Waals surface area contributed by atoms with Crippen LogP contribution in [0.15, 0.2) is 18.2 Å². The summed E-state index contributed by atoms with van der Waals surface area (Å²) in [4.78, 5) is 6.08. The van der Waals surface area contributed by atoms with Crippen molar-refractivity contribution in [1.82, 2.24) is 9.88 Å². The lowest BCUT2D eigenvalue weighted by Crippen LogP contribution is -2.30. The highest BCUT2D eigenvalue weighted by atomic mass is 16.5. The summed E-state index contributed by atoms with van der Waals surface area (Å²) in [7, 11) is 1.73. The van der Waals surface area contributed by atoms with Gasteiger partial charge in [-0.05, 0) is 36.7 Å². The maximum atomic E-state index is 5.33. The van der Waals surface area contributed by atoms with Gasteiger partial charge in [-0.2, -0.15) is 0 Å². The second-order valence-electron chi connectivity index (χ2n) is 5.02. The summed E-state index contributed by atoms with van der Waals surface area (Å²) in [5.41, 5.74) is 4.10. The molecule has 0 saturated carbocycles. The molecule has 0 aliphatic carbocycles. The predicted octanol–water partition coefficient (Wildman–Crippen LogP) is 2.94. The van der Waals surface area contributed by atoms with E-state index in [1.54, 1.807) is 7.11 Å². The zero-order chi connectivity index (χ0) is 12.5. The van der Waals surface area contributed by atoms with Crippen LogP contribution in [0.3, 0.4) is 0 Å². The van der Waals surface area contributed by atoms with E-state index in [-0.39, 0.29) is 0 Å². The van der Waals surface area contributed by atoms with Crippen molar-refractivity contribution in [2.45, 2.75) is 26.3 Å². The average molecular weight is 244 g/mol. The van der Waals surface area contributed by atoms with E-state index < -0.39 is 0 Å². The van der Waals surface area contributed by atoms with E-state index in [0.717, 1.165) is 18.7 Å². The van der Waals surface area contributed by atoms with E-state index in [1.165, 1.54) is 41.7 Å². The Labute approximate surface area is 108 Å². The Kier molecular flexibility index (Phi) is 3.00. The van der Waals surface area contributed by atoms with Crippen molar-refractivity contribution < 1.29 is 4.74 Å². The fraction of sp³-hybridized carbons (Fsp3) is 0.467. The first-order valence-corrected chi connectivity index (χ1v) is 6.71. The topological polar surface area (TPSA) is 28.3 Å². The molecule has 0 bridgehead atoms. The van der Waals surface area contributed by atoms with Crippen molar-refractivity contribution in [2.75, 3.05) is 20.2 Å². The molecular weight excluding hydrogens is 224 g/mol. The average Bonchev–Trinajstić information content (AvgIpc) is 2.76. The van der Waals surface area contributed by atoms with Gasteiger partial charge < -0.3 is 9.72 Å². The Bertz CT molecular complexity index is 559. The smallest absolute Gasteiger partial charge is 0.119 e. The summed E-state index contributed by atoms with van der Waals surface area (Å²) in [6, 6.07) is 6.30. The number of fused-ring (bicyclic) bond motifs is 3. The molecule has 2 aromatic rings. The van der Waals surface area contributed by atoms with Crippen molar-refractivity contribution in [3.63, 3.8) is 0 Å². The summed E-state index contributed by atoms with van der Waals surface area (Å²) < 4.78 is 5.33. The van der Waals surface area contributed by atoms with E-state index in [0.29, 0.717) is 0 Å². The largest absolute Gasteiger partial charge is 0.497 e. The number of H-pyrrole nitrogens is 1. The van der Waals surface area contributed by atoms with Crippen LogP contribution in [-0.4, -0.2) is 30.1 Å². The van der Waals surface area contributed by atoms with Crippen molar-refractivity contribution in [1.29, 1.82) is 0 Å². The number of aromatic amines is 1. The molecule has 18 heavy (non-hydrogen) atoms. The molecule has 1 aliphatic rings. The Hall–Kier alpha value is -1.48. The standard InChI is InChI=1S/C15H20N2O/c1-3-7-17-8-6-15-13(10-17)12-9-11(18-2)4-5-14(12)16-15/h4-5,9,16H,3,6-8,10H2,1-2H3. The maximum absolute atomic E-state index is 5.33. The van der Waals surface area contributed by atoms with Crippen LogP contribution in [0.4, 0.5) is 0 Å². The fourth-order valence-electron chi connectivity index (χ4n) is 2.88. The molecule has 3 heteroatoms. The highest BCUT2D eigenvalue weighted by molar-refractivity contribution is 5.86. The highest BCUT2D eigenvalue weighted by Crippen LogP contribution is 2.30. The third-order valence-electron chi connectivity index (χ3n) is 3.80. The van der Waals surface area contributed by atoms with E-state index >= 15 is 0 Å². The number of ether oxygens (including phenoxy) is 1. The second-order valence-corrected chi connectivity index (χ2v) is 5.02. The van der Waals surface area contributed by atoms with Crippen molar-refractivity contribution in [3.05, 3.63) is 29.5 Å². The van der Waals surface area contributed by atoms with Gasteiger partial charge in [0.15, 0.2) is 0 Å². The number of hydrogen-bond acceptors (Lipinski definition) is 2. The van der Waals surface area contributed by atoms with Crippen LogP contribution in [0.25, 0.3) is 10.9 Å². The van der Waals surface area contributed by atoms with Gasteiger partial charge in [0.2, 0.25) is 0 Å². The van der Waals surface area contributed by atoms with Crippen LogP contribution in [0.2, 0.25) is 0 Å². The van der Waals surface area contributed by atoms with Crippen LogP contribution in [0.1, 0.15) is 24.6 Å². The van der Waals surface area contributed by atoms with Crippen molar-refractivity contribution in [2.24, 2.45) is 0 Å². The molecule has 0 atom stereocenters. The second kappa shape index (κ2) is 4.65. The fourth-order valence-corrected chi connectivity index (χ4v) is 2.88. The lowest BCUT2D eigenvalue weighted by molar-refractivity contribution is 0.255. The van der Waals surface area contributed by atoms with Gasteiger partial charge >= 0.3 is 0 Å². The first kappa shape index (κ1) is 11.6. The monoisotopic (exact) mass is 244 g/mol. The van der Waals surface area contributed by atoms with Crippen LogP contribution in [-0.2, 0) is 13.0 Å². The van der Waals surface area contributed by atoms with E-state index in [2.05, 4.69) is 28.9 Å². The van der Waals surface area contributed by atoms with Gasteiger partial charge in [-0.1, -0.05) is 6.92 Å². The van der Waals surface area contributed by atoms with Gasteiger partial charge in [0.25, 0.3) is 0 Å². The van der Waals surface area contributed by atoms with E-state index in [1.807, 2.05) is 6.07 Å². The molecule has 0 radical (unpaired) electrons. The number of nitrogens with one attached hydrogen (secondary N) is 1. The predicted molar refractivity (Wildman–Crippen MR) is 74.1 cm³/mol. The third-order valence-corrected chi connectivity index (χ3v) is 3.80. The molecule has 0 unspecified atom stereocenters. The molecule has 96 valence electrons. The minimum Gasteiger partial charge on any atom is -0.497 e. The minimum atomic E-state index is 0.942. The zero-order valence-electron chi connectivity index (χ0n) is 11.1. The van der Waals surface area contributed by atoms with Gasteiger partial charge in [-0.25, -0.2) is 0 Å².